The molecular weight excluding hydrogens is 290 g/mol. The van der Waals surface area contributed by atoms with Gasteiger partial charge in [-0.1, -0.05) is 29.8 Å². The van der Waals surface area contributed by atoms with E-state index in [2.05, 4.69) is 47.3 Å². The molecule has 0 aliphatic heterocycles. The van der Waals surface area contributed by atoms with Crippen LogP contribution in [0.5, 0.6) is 0 Å². The number of nitrogens with one attached hydrogen (secondary N) is 1. The molecule has 1 heterocycles. The Morgan fingerprint density at radius 2 is 2.00 bits per heavy atom. The highest BCUT2D eigenvalue weighted by molar-refractivity contribution is 9.10. The van der Waals surface area contributed by atoms with Crippen LogP contribution in [-0.2, 0) is 12.8 Å². The van der Waals surface area contributed by atoms with E-state index in [9.17, 15) is 0 Å². The zero-order valence-corrected chi connectivity index (χ0v) is 12.6. The average molecular weight is 308 g/mol. The molecule has 0 bridgehead atoms. The van der Waals surface area contributed by atoms with Crippen molar-refractivity contribution in [2.24, 2.45) is 5.84 Å². The van der Waals surface area contributed by atoms with Crippen molar-refractivity contribution in [3.05, 3.63) is 33.4 Å². The SMILES string of the molecule is CCc1c(C)nc2c(CC)cc(Br)cc2c1NN. The van der Waals surface area contributed by atoms with Gasteiger partial charge in [0.05, 0.1) is 11.2 Å². The van der Waals surface area contributed by atoms with Crippen LogP contribution in [-0.4, -0.2) is 4.98 Å². The molecule has 1 aromatic heterocycles. The minimum absolute atomic E-state index is 0.919. The number of hydrogen-bond acceptors (Lipinski definition) is 3. The molecule has 18 heavy (non-hydrogen) atoms. The van der Waals surface area contributed by atoms with Crippen molar-refractivity contribution in [3.63, 3.8) is 0 Å². The number of halogens is 1. The predicted molar refractivity (Wildman–Crippen MR) is 80.7 cm³/mol. The lowest BCUT2D eigenvalue weighted by Gasteiger charge is -2.15. The summed E-state index contributed by atoms with van der Waals surface area (Å²) in [5.74, 6) is 5.71. The van der Waals surface area contributed by atoms with Gasteiger partial charge in [0.15, 0.2) is 0 Å². The van der Waals surface area contributed by atoms with Crippen LogP contribution in [0.25, 0.3) is 10.9 Å². The van der Waals surface area contributed by atoms with Gasteiger partial charge in [-0.05, 0) is 43.0 Å². The van der Waals surface area contributed by atoms with Gasteiger partial charge in [0.1, 0.15) is 0 Å². The van der Waals surface area contributed by atoms with Crippen molar-refractivity contribution in [3.8, 4) is 0 Å². The Balaban J connectivity index is 2.92. The quantitative estimate of drug-likeness (QED) is 0.671. The fourth-order valence-electron chi connectivity index (χ4n) is 2.42. The van der Waals surface area contributed by atoms with E-state index in [4.69, 9.17) is 10.8 Å². The predicted octanol–water partition coefficient (Wildman–Crippen LogP) is 3.72. The molecule has 96 valence electrons. The van der Waals surface area contributed by atoms with Crippen molar-refractivity contribution in [1.29, 1.82) is 0 Å². The number of nitrogen functional groups attached to an aromatic ring is 1. The van der Waals surface area contributed by atoms with Crippen molar-refractivity contribution in [2.45, 2.75) is 33.6 Å². The molecule has 0 radical (unpaired) electrons. The molecular formula is C14H18BrN3. The maximum Gasteiger partial charge on any atom is 0.0759 e. The van der Waals surface area contributed by atoms with E-state index >= 15 is 0 Å². The first-order valence-electron chi connectivity index (χ1n) is 6.20. The Morgan fingerprint density at radius 1 is 1.28 bits per heavy atom. The molecule has 3 nitrogen and oxygen atoms in total. The summed E-state index contributed by atoms with van der Waals surface area (Å²) < 4.78 is 1.07. The third-order valence-corrected chi connectivity index (χ3v) is 3.78. The summed E-state index contributed by atoms with van der Waals surface area (Å²) in [6.07, 6.45) is 1.88. The minimum atomic E-state index is 0.919. The third kappa shape index (κ3) is 2.10. The summed E-state index contributed by atoms with van der Waals surface area (Å²) >= 11 is 3.56. The van der Waals surface area contributed by atoms with E-state index in [0.29, 0.717) is 0 Å². The van der Waals surface area contributed by atoms with Crippen molar-refractivity contribution in [2.75, 3.05) is 5.43 Å². The van der Waals surface area contributed by atoms with Crippen LogP contribution in [0.15, 0.2) is 16.6 Å². The molecule has 0 atom stereocenters. The zero-order valence-electron chi connectivity index (χ0n) is 11.0. The van der Waals surface area contributed by atoms with E-state index < -0.39 is 0 Å². The summed E-state index contributed by atoms with van der Waals surface area (Å²) in [4.78, 5) is 4.75. The van der Waals surface area contributed by atoms with Crippen LogP contribution in [0, 0.1) is 6.92 Å². The van der Waals surface area contributed by atoms with Gasteiger partial charge in [0.2, 0.25) is 0 Å². The number of hydrazine groups is 1. The molecule has 2 aromatic rings. The highest BCUT2D eigenvalue weighted by atomic mass is 79.9. The summed E-state index contributed by atoms with van der Waals surface area (Å²) in [6, 6.07) is 4.20. The van der Waals surface area contributed by atoms with E-state index in [1.807, 2.05) is 6.92 Å². The maximum absolute atomic E-state index is 5.71. The van der Waals surface area contributed by atoms with Crippen LogP contribution in [0.3, 0.4) is 0 Å². The Morgan fingerprint density at radius 3 is 2.56 bits per heavy atom. The molecule has 4 heteroatoms. The number of nitrogens with two attached hydrogens (primary N) is 1. The van der Waals surface area contributed by atoms with E-state index in [1.165, 1.54) is 11.1 Å². The topological polar surface area (TPSA) is 50.9 Å². The van der Waals surface area contributed by atoms with Crippen LogP contribution < -0.4 is 11.3 Å². The molecule has 0 amide bonds. The van der Waals surface area contributed by atoms with E-state index in [-0.39, 0.29) is 0 Å². The number of aromatic nitrogens is 1. The Kier molecular flexibility index (Phi) is 3.88. The maximum atomic E-state index is 5.71. The van der Waals surface area contributed by atoms with Gasteiger partial charge in [0.25, 0.3) is 0 Å². The van der Waals surface area contributed by atoms with Gasteiger partial charge < -0.3 is 5.43 Å². The van der Waals surface area contributed by atoms with E-state index in [1.54, 1.807) is 0 Å². The summed E-state index contributed by atoms with van der Waals surface area (Å²) in [7, 11) is 0. The number of aryl methyl sites for hydroxylation is 2. The molecule has 0 unspecified atom stereocenters. The molecule has 0 fully saturated rings. The van der Waals surface area contributed by atoms with Crippen LogP contribution in [0.2, 0.25) is 0 Å². The van der Waals surface area contributed by atoms with Crippen LogP contribution in [0.4, 0.5) is 5.69 Å². The van der Waals surface area contributed by atoms with Gasteiger partial charge in [-0.25, -0.2) is 0 Å². The average Bonchev–Trinajstić information content (AvgIpc) is 2.36. The monoisotopic (exact) mass is 307 g/mol. The van der Waals surface area contributed by atoms with Gasteiger partial charge in [-0.15, -0.1) is 0 Å². The van der Waals surface area contributed by atoms with Crippen molar-refractivity contribution in [1.82, 2.24) is 4.98 Å². The lowest BCUT2D eigenvalue weighted by molar-refractivity contribution is 1.05. The molecule has 3 N–H and O–H groups in total. The fraction of sp³-hybridized carbons (Fsp3) is 0.357. The third-order valence-electron chi connectivity index (χ3n) is 3.32. The molecule has 0 aliphatic rings. The summed E-state index contributed by atoms with van der Waals surface area (Å²) in [5, 5.41) is 1.09. The molecule has 0 saturated carbocycles. The normalized spacial score (nSPS) is 10.9. The lowest BCUT2D eigenvalue weighted by Crippen LogP contribution is -2.12. The van der Waals surface area contributed by atoms with Crippen molar-refractivity contribution < 1.29 is 0 Å². The molecule has 0 aliphatic carbocycles. The standard InChI is InChI=1S/C14H18BrN3/c1-4-9-6-10(15)7-12-13(9)17-8(3)11(5-2)14(12)18-16/h6-7H,4-5,16H2,1-3H3,(H,17,18). The zero-order chi connectivity index (χ0) is 13.3. The Labute approximate surface area is 116 Å². The molecule has 0 spiro atoms. The first-order valence-corrected chi connectivity index (χ1v) is 6.99. The van der Waals surface area contributed by atoms with Crippen LogP contribution >= 0.6 is 15.9 Å². The Hall–Kier alpha value is -1.13. The fourth-order valence-corrected chi connectivity index (χ4v) is 2.93. The second-order valence-electron chi connectivity index (χ2n) is 4.36. The lowest BCUT2D eigenvalue weighted by atomic mass is 10.0. The van der Waals surface area contributed by atoms with Crippen LogP contribution in [0.1, 0.15) is 30.7 Å². The smallest absolute Gasteiger partial charge is 0.0759 e. The second-order valence-corrected chi connectivity index (χ2v) is 5.28. The Bertz CT molecular complexity index is 593. The number of hydrogen-bond donors (Lipinski definition) is 2. The first kappa shape index (κ1) is 13.3. The van der Waals surface area contributed by atoms with Gasteiger partial charge in [-0.2, -0.15) is 0 Å². The summed E-state index contributed by atoms with van der Waals surface area (Å²) in [5.41, 5.74) is 8.36. The molecule has 2 rings (SSSR count). The number of fused-ring (bicyclic) bond motifs is 1. The highest BCUT2D eigenvalue weighted by Gasteiger charge is 2.13. The van der Waals surface area contributed by atoms with Crippen molar-refractivity contribution >= 4 is 32.5 Å². The number of rotatable bonds is 3. The molecule has 1 aromatic carbocycles. The first-order chi connectivity index (χ1) is 8.62. The van der Waals surface area contributed by atoms with Gasteiger partial charge in [0, 0.05) is 15.6 Å². The second kappa shape index (κ2) is 5.24. The number of anilines is 1. The molecule has 0 saturated heterocycles. The highest BCUT2D eigenvalue weighted by Crippen LogP contribution is 2.32. The minimum Gasteiger partial charge on any atom is -0.323 e. The number of nitrogens with zero attached hydrogens (tertiary/aromatic N) is 1. The van der Waals surface area contributed by atoms with Gasteiger partial charge in [-0.3, -0.25) is 10.8 Å². The van der Waals surface area contributed by atoms with Gasteiger partial charge >= 0.3 is 0 Å². The number of pyridine rings is 1. The summed E-state index contributed by atoms with van der Waals surface area (Å²) in [6.45, 7) is 6.30. The largest absolute Gasteiger partial charge is 0.323 e. The number of benzene rings is 1. The van der Waals surface area contributed by atoms with E-state index in [0.717, 1.165) is 39.6 Å².